The number of aryl methyl sites for hydroxylation is 1. The summed E-state index contributed by atoms with van der Waals surface area (Å²) in [7, 11) is 0. The van der Waals surface area contributed by atoms with Crippen LogP contribution in [-0.2, 0) is 11.3 Å². The lowest BCUT2D eigenvalue weighted by Crippen LogP contribution is -2.15. The summed E-state index contributed by atoms with van der Waals surface area (Å²) in [6.45, 7) is 3.95. The summed E-state index contributed by atoms with van der Waals surface area (Å²) >= 11 is 0. The fraction of sp³-hybridized carbons (Fsp3) is 0.300. The minimum Gasteiger partial charge on any atom is -0.393 e. The standard InChI is InChI=1S/C20H21N5O/c1-14(2)26-24-19-7-3-5-15-8-9-18(23-20(15)19)16-11-22-25(13-16)17-6-4-10-21-12-17/h4,6,8-14H,3,5,7H2,1-2H3/b24-19+. The highest BCUT2D eigenvalue weighted by Crippen LogP contribution is 2.25. The number of nitrogens with zero attached hydrogens (tertiary/aromatic N) is 5. The molecule has 6 heteroatoms. The minimum absolute atomic E-state index is 0.0637. The van der Waals surface area contributed by atoms with Crippen LogP contribution < -0.4 is 0 Å². The summed E-state index contributed by atoms with van der Waals surface area (Å²) in [5, 5.41) is 8.77. The molecule has 3 heterocycles. The van der Waals surface area contributed by atoms with Crippen LogP contribution in [0.1, 0.15) is 37.9 Å². The molecule has 1 aliphatic rings. The van der Waals surface area contributed by atoms with E-state index in [0.29, 0.717) is 0 Å². The van der Waals surface area contributed by atoms with Crippen LogP contribution >= 0.6 is 0 Å². The van der Waals surface area contributed by atoms with Crippen molar-refractivity contribution < 1.29 is 4.84 Å². The predicted octanol–water partition coefficient (Wildman–Crippen LogP) is 3.79. The first kappa shape index (κ1) is 16.4. The van der Waals surface area contributed by atoms with Gasteiger partial charge in [-0.25, -0.2) is 9.67 Å². The quantitative estimate of drug-likeness (QED) is 0.674. The molecule has 0 spiro atoms. The summed E-state index contributed by atoms with van der Waals surface area (Å²) in [4.78, 5) is 14.5. The van der Waals surface area contributed by atoms with E-state index in [1.807, 2.05) is 38.4 Å². The Kier molecular flexibility index (Phi) is 4.48. The van der Waals surface area contributed by atoms with Gasteiger partial charge in [0.05, 0.1) is 29.5 Å². The van der Waals surface area contributed by atoms with Gasteiger partial charge < -0.3 is 4.84 Å². The lowest BCUT2D eigenvalue weighted by Gasteiger charge is -2.17. The molecule has 0 N–H and O–H groups in total. The van der Waals surface area contributed by atoms with Crippen molar-refractivity contribution in [2.75, 3.05) is 0 Å². The third-order valence-electron chi connectivity index (χ3n) is 4.27. The van der Waals surface area contributed by atoms with Crippen LogP contribution in [0.25, 0.3) is 16.9 Å². The molecule has 0 saturated carbocycles. The molecule has 1 aliphatic carbocycles. The van der Waals surface area contributed by atoms with Crippen molar-refractivity contribution in [1.29, 1.82) is 0 Å². The van der Waals surface area contributed by atoms with Gasteiger partial charge in [-0.2, -0.15) is 5.10 Å². The van der Waals surface area contributed by atoms with E-state index in [1.165, 1.54) is 5.56 Å². The van der Waals surface area contributed by atoms with Crippen LogP contribution in [0.4, 0.5) is 0 Å². The number of aromatic nitrogens is 4. The van der Waals surface area contributed by atoms with Gasteiger partial charge >= 0.3 is 0 Å². The van der Waals surface area contributed by atoms with E-state index in [4.69, 9.17) is 9.82 Å². The third kappa shape index (κ3) is 3.35. The molecule has 132 valence electrons. The molecule has 0 saturated heterocycles. The van der Waals surface area contributed by atoms with Crippen LogP contribution in [-0.4, -0.2) is 31.6 Å². The van der Waals surface area contributed by atoms with Crippen LogP contribution in [0, 0.1) is 0 Å². The average Bonchev–Trinajstić information content (AvgIpc) is 3.17. The summed E-state index contributed by atoms with van der Waals surface area (Å²) < 4.78 is 1.81. The molecule has 0 amide bonds. The number of pyridine rings is 2. The number of hydrogen-bond acceptors (Lipinski definition) is 5. The van der Waals surface area contributed by atoms with Crippen molar-refractivity contribution >= 4 is 5.71 Å². The second-order valence-corrected chi connectivity index (χ2v) is 6.63. The van der Waals surface area contributed by atoms with Gasteiger partial charge in [-0.3, -0.25) is 4.98 Å². The largest absolute Gasteiger partial charge is 0.393 e. The highest BCUT2D eigenvalue weighted by molar-refractivity contribution is 6.01. The molecule has 3 aromatic heterocycles. The van der Waals surface area contributed by atoms with E-state index in [-0.39, 0.29) is 6.10 Å². The average molecular weight is 347 g/mol. The second kappa shape index (κ2) is 7.07. The fourth-order valence-corrected chi connectivity index (χ4v) is 3.01. The first-order chi connectivity index (χ1) is 12.7. The van der Waals surface area contributed by atoms with Gasteiger partial charge in [0.2, 0.25) is 0 Å². The summed E-state index contributed by atoms with van der Waals surface area (Å²) in [6.07, 6.45) is 10.4. The molecular formula is C20H21N5O. The van der Waals surface area contributed by atoms with Crippen LogP contribution in [0.2, 0.25) is 0 Å². The SMILES string of the molecule is CC(C)O/N=C1\CCCc2ccc(-c3cnn(-c4cccnc4)c3)nc21. The Labute approximate surface area is 152 Å². The lowest BCUT2D eigenvalue weighted by atomic mass is 9.94. The summed E-state index contributed by atoms with van der Waals surface area (Å²) in [5.74, 6) is 0. The molecule has 0 atom stereocenters. The van der Waals surface area contributed by atoms with Gasteiger partial charge in [0.1, 0.15) is 11.8 Å². The van der Waals surface area contributed by atoms with Gasteiger partial charge in [-0.05, 0) is 56.9 Å². The zero-order chi connectivity index (χ0) is 17.9. The van der Waals surface area contributed by atoms with E-state index in [0.717, 1.165) is 47.6 Å². The van der Waals surface area contributed by atoms with Crippen LogP contribution in [0.5, 0.6) is 0 Å². The minimum atomic E-state index is 0.0637. The van der Waals surface area contributed by atoms with Crippen LogP contribution in [0.3, 0.4) is 0 Å². The van der Waals surface area contributed by atoms with E-state index in [2.05, 4.69) is 27.4 Å². The van der Waals surface area contributed by atoms with E-state index in [9.17, 15) is 0 Å². The Morgan fingerprint density at radius 2 is 2.08 bits per heavy atom. The first-order valence-corrected chi connectivity index (χ1v) is 8.89. The zero-order valence-electron chi connectivity index (χ0n) is 15.0. The number of oxime groups is 1. The van der Waals surface area contributed by atoms with Gasteiger partial charge in [-0.15, -0.1) is 0 Å². The van der Waals surface area contributed by atoms with Crippen LogP contribution in [0.15, 0.2) is 54.2 Å². The number of fused-ring (bicyclic) bond motifs is 1. The third-order valence-corrected chi connectivity index (χ3v) is 4.27. The summed E-state index contributed by atoms with van der Waals surface area (Å²) in [5.41, 5.74) is 5.88. The van der Waals surface area contributed by atoms with E-state index < -0.39 is 0 Å². The molecule has 26 heavy (non-hydrogen) atoms. The Bertz CT molecular complexity index is 930. The van der Waals surface area contributed by atoms with Crippen molar-refractivity contribution in [2.24, 2.45) is 5.16 Å². The van der Waals surface area contributed by atoms with Crippen molar-refractivity contribution in [1.82, 2.24) is 19.7 Å². The highest BCUT2D eigenvalue weighted by Gasteiger charge is 2.19. The van der Waals surface area contributed by atoms with Crippen molar-refractivity contribution in [3.63, 3.8) is 0 Å². The Balaban J connectivity index is 1.68. The number of hydrogen-bond donors (Lipinski definition) is 0. The molecule has 0 aromatic carbocycles. The topological polar surface area (TPSA) is 65.2 Å². The van der Waals surface area contributed by atoms with E-state index in [1.54, 1.807) is 17.1 Å². The van der Waals surface area contributed by atoms with Gasteiger partial charge in [0, 0.05) is 18.0 Å². The zero-order valence-corrected chi connectivity index (χ0v) is 15.0. The Morgan fingerprint density at radius 1 is 1.15 bits per heavy atom. The maximum atomic E-state index is 5.47. The molecule has 0 radical (unpaired) electrons. The lowest BCUT2D eigenvalue weighted by molar-refractivity contribution is 0.0854. The van der Waals surface area contributed by atoms with Crippen molar-refractivity contribution in [3.05, 3.63) is 60.3 Å². The number of rotatable bonds is 4. The maximum absolute atomic E-state index is 5.47. The van der Waals surface area contributed by atoms with Crippen molar-refractivity contribution in [2.45, 2.75) is 39.2 Å². The molecule has 6 nitrogen and oxygen atoms in total. The maximum Gasteiger partial charge on any atom is 0.122 e. The summed E-state index contributed by atoms with van der Waals surface area (Å²) in [6, 6.07) is 8.06. The molecule has 4 rings (SSSR count). The van der Waals surface area contributed by atoms with E-state index >= 15 is 0 Å². The Hall–Kier alpha value is -3.02. The van der Waals surface area contributed by atoms with Gasteiger partial charge in [0.25, 0.3) is 0 Å². The first-order valence-electron chi connectivity index (χ1n) is 8.89. The smallest absolute Gasteiger partial charge is 0.122 e. The Morgan fingerprint density at radius 3 is 2.88 bits per heavy atom. The predicted molar refractivity (Wildman–Crippen MR) is 100 cm³/mol. The molecular weight excluding hydrogens is 326 g/mol. The second-order valence-electron chi connectivity index (χ2n) is 6.63. The van der Waals surface area contributed by atoms with Gasteiger partial charge in [0.15, 0.2) is 0 Å². The molecule has 0 fully saturated rings. The highest BCUT2D eigenvalue weighted by atomic mass is 16.6. The molecule has 0 aliphatic heterocycles. The van der Waals surface area contributed by atoms with Crippen molar-refractivity contribution in [3.8, 4) is 16.9 Å². The molecule has 3 aromatic rings. The molecule has 0 bridgehead atoms. The monoisotopic (exact) mass is 347 g/mol. The molecule has 0 unspecified atom stereocenters. The normalized spacial score (nSPS) is 15.3. The fourth-order valence-electron chi connectivity index (χ4n) is 3.01. The van der Waals surface area contributed by atoms with Gasteiger partial charge in [-0.1, -0.05) is 11.2 Å².